The molecule has 0 spiro atoms. The van der Waals surface area contributed by atoms with Crippen molar-refractivity contribution in [2.24, 2.45) is 0 Å². The van der Waals surface area contributed by atoms with Crippen molar-refractivity contribution < 1.29 is 28.8 Å². The molecule has 1 atom stereocenters. The molecule has 2 aliphatic rings. The third kappa shape index (κ3) is 4.62. The summed E-state index contributed by atoms with van der Waals surface area (Å²) in [6.07, 6.45) is 1.56. The number of hydrogen-bond donors (Lipinski definition) is 2. The van der Waals surface area contributed by atoms with Gasteiger partial charge in [0.05, 0.1) is 12.6 Å². The molecule has 0 radical (unpaired) electrons. The Morgan fingerprint density at radius 1 is 0.763 bits per heavy atom. The summed E-state index contributed by atoms with van der Waals surface area (Å²) in [5, 5.41) is 13.6. The zero-order valence-corrected chi connectivity index (χ0v) is 20.6. The second-order valence-corrected chi connectivity index (χ2v) is 8.91. The molecular formula is C30H26N2O6. The molecule has 192 valence electrons. The lowest BCUT2D eigenvalue weighted by atomic mass is 9.87. The molecule has 3 aromatic carbocycles. The minimum atomic E-state index is -0.725. The van der Waals surface area contributed by atoms with Gasteiger partial charge in [-0.05, 0) is 64.2 Å². The van der Waals surface area contributed by atoms with E-state index in [9.17, 15) is 9.90 Å². The van der Waals surface area contributed by atoms with Gasteiger partial charge in [-0.3, -0.25) is 9.78 Å². The average molecular weight is 511 g/mol. The van der Waals surface area contributed by atoms with Crippen LogP contribution in [0.3, 0.4) is 0 Å². The van der Waals surface area contributed by atoms with Crippen LogP contribution in [0, 0.1) is 0 Å². The molecule has 0 saturated heterocycles. The Kier molecular flexibility index (Phi) is 6.54. The molecule has 0 fully saturated rings. The van der Waals surface area contributed by atoms with Gasteiger partial charge in [0.2, 0.25) is 0 Å². The van der Waals surface area contributed by atoms with Gasteiger partial charge in [-0.15, -0.1) is 0 Å². The molecule has 0 unspecified atom stereocenters. The van der Waals surface area contributed by atoms with Crippen LogP contribution in [0.4, 0.5) is 0 Å². The summed E-state index contributed by atoms with van der Waals surface area (Å²) >= 11 is 0. The van der Waals surface area contributed by atoms with Crippen LogP contribution >= 0.6 is 0 Å². The van der Waals surface area contributed by atoms with Gasteiger partial charge in [-0.25, -0.2) is 0 Å². The highest BCUT2D eigenvalue weighted by Gasteiger charge is 2.25. The number of aliphatic hydroxyl groups excluding tert-OH is 1. The number of pyridine rings is 1. The van der Waals surface area contributed by atoms with Gasteiger partial charge in [-0.2, -0.15) is 0 Å². The molecule has 3 heterocycles. The number of aliphatic hydroxyl groups is 1. The van der Waals surface area contributed by atoms with E-state index in [4.69, 9.17) is 18.9 Å². The first-order valence-electron chi connectivity index (χ1n) is 12.5. The normalized spacial score (nSPS) is 14.4. The Bertz CT molecular complexity index is 1400. The molecule has 6 rings (SSSR count). The first kappa shape index (κ1) is 23.8. The number of nitrogens with zero attached hydrogens (tertiary/aromatic N) is 1. The maximum Gasteiger partial charge on any atom is 0.270 e. The predicted molar refractivity (Wildman–Crippen MR) is 141 cm³/mol. The molecular weight excluding hydrogens is 484 g/mol. The van der Waals surface area contributed by atoms with Gasteiger partial charge in [0, 0.05) is 6.20 Å². The number of ether oxygens (including phenoxy) is 4. The van der Waals surface area contributed by atoms with E-state index >= 15 is 0 Å². The van der Waals surface area contributed by atoms with Crippen molar-refractivity contribution in [3.05, 3.63) is 90.3 Å². The summed E-state index contributed by atoms with van der Waals surface area (Å²) in [4.78, 5) is 17.3. The van der Waals surface area contributed by atoms with Crippen molar-refractivity contribution >= 4 is 5.91 Å². The summed E-state index contributed by atoms with van der Waals surface area (Å²) < 4.78 is 23.1. The van der Waals surface area contributed by atoms with Crippen LogP contribution in [0.5, 0.6) is 23.0 Å². The van der Waals surface area contributed by atoms with Crippen molar-refractivity contribution in [1.29, 1.82) is 0 Å². The Morgan fingerprint density at radius 3 is 1.87 bits per heavy atom. The Hall–Kier alpha value is -4.56. The second-order valence-electron chi connectivity index (χ2n) is 8.91. The standard InChI is InChI=1S/C30H26N2O6/c33-18-24(32-30(34)23-6-1-2-11-31-23)29-21(19-7-9-25-27(16-19)37-14-12-35-25)4-3-5-22(29)20-8-10-26-28(17-20)38-15-13-36-26/h1-11,16-17,24,33H,12-15,18H2,(H,32,34)/t24-/m1/s1. The second kappa shape index (κ2) is 10.4. The van der Waals surface area contributed by atoms with Crippen LogP contribution in [-0.2, 0) is 0 Å². The molecule has 2 N–H and O–H groups in total. The largest absolute Gasteiger partial charge is 0.486 e. The topological polar surface area (TPSA) is 99.1 Å². The van der Waals surface area contributed by atoms with Crippen molar-refractivity contribution in [3.8, 4) is 45.3 Å². The summed E-state index contributed by atoms with van der Waals surface area (Å²) in [6, 6.07) is 21.8. The Labute approximate surface area is 219 Å². The van der Waals surface area contributed by atoms with Crippen LogP contribution in [-0.4, -0.2) is 49.0 Å². The predicted octanol–water partition coefficient (Wildman–Crippen LogP) is 4.42. The van der Waals surface area contributed by atoms with Crippen LogP contribution in [0.2, 0.25) is 0 Å². The van der Waals surface area contributed by atoms with E-state index < -0.39 is 6.04 Å². The van der Waals surface area contributed by atoms with Gasteiger partial charge < -0.3 is 29.4 Å². The third-order valence-electron chi connectivity index (χ3n) is 6.55. The molecule has 1 amide bonds. The molecule has 0 saturated carbocycles. The van der Waals surface area contributed by atoms with Gasteiger partial charge >= 0.3 is 0 Å². The number of aromatic nitrogens is 1. The lowest BCUT2D eigenvalue weighted by molar-refractivity contribution is 0.0911. The summed E-state index contributed by atoms with van der Waals surface area (Å²) in [6.45, 7) is 1.63. The monoisotopic (exact) mass is 510 g/mol. The van der Waals surface area contributed by atoms with Crippen LogP contribution in [0.25, 0.3) is 22.3 Å². The lowest BCUT2D eigenvalue weighted by Crippen LogP contribution is -2.32. The van der Waals surface area contributed by atoms with E-state index in [0.717, 1.165) is 27.8 Å². The molecule has 8 heteroatoms. The summed E-state index contributed by atoms with van der Waals surface area (Å²) in [5.74, 6) is 2.30. The molecule has 4 aromatic rings. The van der Waals surface area contributed by atoms with E-state index in [2.05, 4.69) is 10.3 Å². The first-order valence-corrected chi connectivity index (χ1v) is 12.5. The number of benzene rings is 3. The quantitative estimate of drug-likeness (QED) is 0.396. The first-order chi connectivity index (χ1) is 18.7. The fraction of sp³-hybridized carbons (Fsp3) is 0.200. The van der Waals surface area contributed by atoms with Gasteiger partial charge in [0.1, 0.15) is 32.1 Å². The van der Waals surface area contributed by atoms with E-state index in [1.54, 1.807) is 24.4 Å². The molecule has 0 aliphatic carbocycles. The molecule has 2 aliphatic heterocycles. The van der Waals surface area contributed by atoms with Crippen LogP contribution in [0.15, 0.2) is 79.0 Å². The number of nitrogens with one attached hydrogen (secondary N) is 1. The highest BCUT2D eigenvalue weighted by atomic mass is 16.6. The third-order valence-corrected chi connectivity index (χ3v) is 6.55. The minimum absolute atomic E-state index is 0.267. The maximum atomic E-state index is 13.1. The number of fused-ring (bicyclic) bond motifs is 2. The highest BCUT2D eigenvalue weighted by molar-refractivity contribution is 5.93. The number of carbonyl (C=O) groups excluding carboxylic acids is 1. The Balaban J connectivity index is 1.48. The average Bonchev–Trinajstić information content (AvgIpc) is 2.99. The maximum absolute atomic E-state index is 13.1. The van der Waals surface area contributed by atoms with E-state index in [-0.39, 0.29) is 18.2 Å². The van der Waals surface area contributed by atoms with E-state index in [1.165, 1.54) is 0 Å². The molecule has 0 bridgehead atoms. The van der Waals surface area contributed by atoms with Crippen LogP contribution in [0.1, 0.15) is 22.1 Å². The fourth-order valence-electron chi connectivity index (χ4n) is 4.80. The number of hydrogen-bond acceptors (Lipinski definition) is 7. The SMILES string of the molecule is O=C(N[C@H](CO)c1c(-c2ccc3c(c2)OCCO3)cccc1-c1ccc2c(c1)OCCO2)c1ccccn1. The smallest absolute Gasteiger partial charge is 0.270 e. The van der Waals surface area contributed by atoms with Crippen LogP contribution < -0.4 is 24.3 Å². The summed E-state index contributed by atoms with van der Waals surface area (Å²) in [7, 11) is 0. The molecule has 8 nitrogen and oxygen atoms in total. The van der Waals surface area contributed by atoms with E-state index in [0.29, 0.717) is 49.4 Å². The van der Waals surface area contributed by atoms with Crippen molar-refractivity contribution in [2.75, 3.05) is 33.0 Å². The summed E-state index contributed by atoms with van der Waals surface area (Å²) in [5.41, 5.74) is 4.45. The number of carbonyl (C=O) groups is 1. The van der Waals surface area contributed by atoms with Gasteiger partial charge in [-0.1, -0.05) is 36.4 Å². The molecule has 38 heavy (non-hydrogen) atoms. The fourth-order valence-corrected chi connectivity index (χ4v) is 4.80. The van der Waals surface area contributed by atoms with Crippen molar-refractivity contribution in [3.63, 3.8) is 0 Å². The number of amides is 1. The number of rotatable bonds is 6. The van der Waals surface area contributed by atoms with Crippen molar-refractivity contribution in [1.82, 2.24) is 10.3 Å². The minimum Gasteiger partial charge on any atom is -0.486 e. The zero-order chi connectivity index (χ0) is 25.9. The Morgan fingerprint density at radius 2 is 1.34 bits per heavy atom. The van der Waals surface area contributed by atoms with Crippen molar-refractivity contribution in [2.45, 2.75) is 6.04 Å². The lowest BCUT2D eigenvalue weighted by Gasteiger charge is -2.25. The van der Waals surface area contributed by atoms with Gasteiger partial charge in [0.25, 0.3) is 5.91 Å². The van der Waals surface area contributed by atoms with Gasteiger partial charge in [0.15, 0.2) is 23.0 Å². The van der Waals surface area contributed by atoms with E-state index in [1.807, 2.05) is 54.6 Å². The zero-order valence-electron chi connectivity index (χ0n) is 20.6. The highest BCUT2D eigenvalue weighted by Crippen LogP contribution is 2.42. The molecule has 1 aromatic heterocycles.